The van der Waals surface area contributed by atoms with Crippen molar-refractivity contribution in [1.82, 2.24) is 10.2 Å². The average molecular weight is 604 g/mol. The highest BCUT2D eigenvalue weighted by Gasteiger charge is 2.43. The monoisotopic (exact) mass is 603 g/mol. The first-order chi connectivity index (χ1) is 20.3. The molecular weight excluding hydrogens is 574 g/mol. The first-order valence-corrected chi connectivity index (χ1v) is 14.8. The number of rotatable bonds is 8. The third-order valence-corrected chi connectivity index (χ3v) is 8.66. The highest BCUT2D eigenvalue weighted by molar-refractivity contribution is 8.18. The number of piperidine rings is 1. The van der Waals surface area contributed by atoms with Crippen LogP contribution in [0.1, 0.15) is 35.6 Å². The number of nitrogens with one attached hydrogen (secondary N) is 1. The molecule has 1 N–H and O–H groups in total. The van der Waals surface area contributed by atoms with E-state index in [0.29, 0.717) is 28.4 Å². The Bertz CT molecular complexity index is 1560. The first kappa shape index (κ1) is 29.4. The molecule has 0 aliphatic carbocycles. The van der Waals surface area contributed by atoms with Gasteiger partial charge in [-0.15, -0.1) is 0 Å². The molecule has 0 bridgehead atoms. The molecule has 2 aliphatic heterocycles. The van der Waals surface area contributed by atoms with E-state index >= 15 is 0 Å². The molecule has 216 valence electrons. The van der Waals surface area contributed by atoms with E-state index in [9.17, 15) is 19.2 Å². The highest BCUT2D eigenvalue weighted by Crippen LogP contribution is 2.43. The maximum Gasteiger partial charge on any atom is 0.293 e. The Labute approximate surface area is 253 Å². The zero-order chi connectivity index (χ0) is 29.8. The van der Waals surface area contributed by atoms with Crippen LogP contribution >= 0.6 is 23.4 Å². The van der Waals surface area contributed by atoms with Crippen molar-refractivity contribution in [2.45, 2.75) is 25.8 Å². The summed E-state index contributed by atoms with van der Waals surface area (Å²) in [6.07, 6.45) is 2.15. The van der Waals surface area contributed by atoms with E-state index in [4.69, 9.17) is 16.3 Å². The third kappa shape index (κ3) is 6.07. The lowest BCUT2D eigenvalue weighted by Gasteiger charge is -2.41. The van der Waals surface area contributed by atoms with Crippen molar-refractivity contribution < 1.29 is 23.9 Å². The predicted molar refractivity (Wildman–Crippen MR) is 164 cm³/mol. The molecule has 2 atom stereocenters. The quantitative estimate of drug-likeness (QED) is 0.318. The van der Waals surface area contributed by atoms with E-state index < -0.39 is 23.1 Å². The molecule has 8 nitrogen and oxygen atoms in total. The van der Waals surface area contributed by atoms with Crippen LogP contribution in [0.15, 0.2) is 77.7 Å². The van der Waals surface area contributed by atoms with Gasteiger partial charge in [0.1, 0.15) is 5.75 Å². The van der Waals surface area contributed by atoms with Gasteiger partial charge in [-0.25, -0.2) is 0 Å². The Kier molecular flexibility index (Phi) is 8.99. The molecule has 5 rings (SSSR count). The van der Waals surface area contributed by atoms with E-state index in [1.54, 1.807) is 42.4 Å². The van der Waals surface area contributed by atoms with Gasteiger partial charge in [0.2, 0.25) is 11.8 Å². The number of ether oxygens (including phenoxy) is 1. The summed E-state index contributed by atoms with van der Waals surface area (Å²) in [5.41, 5.74) is 3.12. The SMILES string of the molecule is COc1ccccc1C1C(C(=O)NCCN2C(=O)S/C(=C\c3ccccc3Cl)C2=O)CCC(=O)N1c1ccc(C)cc1. The number of hydrogen-bond acceptors (Lipinski definition) is 6. The second-order valence-corrected chi connectivity index (χ2v) is 11.5. The number of amides is 4. The number of benzene rings is 3. The summed E-state index contributed by atoms with van der Waals surface area (Å²) in [6.45, 7) is 2.06. The van der Waals surface area contributed by atoms with Crippen LogP contribution in [0.25, 0.3) is 6.08 Å². The molecule has 3 aromatic rings. The van der Waals surface area contributed by atoms with Gasteiger partial charge in [0.25, 0.3) is 11.1 Å². The zero-order valence-electron chi connectivity index (χ0n) is 23.2. The summed E-state index contributed by atoms with van der Waals surface area (Å²) in [5, 5.41) is 2.98. The minimum atomic E-state index is -0.610. The molecule has 0 spiro atoms. The van der Waals surface area contributed by atoms with Crippen LogP contribution in [-0.2, 0) is 14.4 Å². The van der Waals surface area contributed by atoms with Crippen LogP contribution in [0.3, 0.4) is 0 Å². The number of thioether (sulfide) groups is 1. The minimum absolute atomic E-state index is 0.0168. The molecule has 0 radical (unpaired) electrons. The van der Waals surface area contributed by atoms with E-state index in [2.05, 4.69) is 5.32 Å². The fourth-order valence-electron chi connectivity index (χ4n) is 5.29. The molecule has 2 unspecified atom stereocenters. The smallest absolute Gasteiger partial charge is 0.293 e. The molecule has 2 aliphatic rings. The van der Waals surface area contributed by atoms with Gasteiger partial charge in [0, 0.05) is 35.8 Å². The van der Waals surface area contributed by atoms with Gasteiger partial charge in [0.05, 0.1) is 24.0 Å². The molecule has 2 saturated heterocycles. The maximum atomic E-state index is 13.7. The fraction of sp³-hybridized carbons (Fsp3) is 0.250. The summed E-state index contributed by atoms with van der Waals surface area (Å²) >= 11 is 7.05. The van der Waals surface area contributed by atoms with E-state index in [0.717, 1.165) is 27.8 Å². The fourth-order valence-corrected chi connectivity index (χ4v) is 6.34. The molecule has 2 heterocycles. The largest absolute Gasteiger partial charge is 0.496 e. The Morgan fingerprint density at radius 2 is 1.76 bits per heavy atom. The van der Waals surface area contributed by atoms with Gasteiger partial charge in [-0.3, -0.25) is 24.1 Å². The van der Waals surface area contributed by atoms with Gasteiger partial charge in [-0.2, -0.15) is 0 Å². The van der Waals surface area contributed by atoms with Crippen molar-refractivity contribution in [3.63, 3.8) is 0 Å². The lowest BCUT2D eigenvalue weighted by atomic mass is 9.82. The molecule has 42 heavy (non-hydrogen) atoms. The zero-order valence-corrected chi connectivity index (χ0v) is 24.8. The molecule has 0 aromatic heterocycles. The van der Waals surface area contributed by atoms with Crippen molar-refractivity contribution in [2.24, 2.45) is 5.92 Å². The summed E-state index contributed by atoms with van der Waals surface area (Å²) in [6, 6.07) is 21.5. The number of aryl methyl sites for hydroxylation is 1. The van der Waals surface area contributed by atoms with Crippen LogP contribution < -0.4 is 15.0 Å². The van der Waals surface area contributed by atoms with Crippen molar-refractivity contribution in [1.29, 1.82) is 0 Å². The Balaban J connectivity index is 1.34. The summed E-state index contributed by atoms with van der Waals surface area (Å²) < 4.78 is 5.63. The van der Waals surface area contributed by atoms with Gasteiger partial charge in [-0.05, 0) is 61.0 Å². The van der Waals surface area contributed by atoms with Crippen molar-refractivity contribution in [3.8, 4) is 5.75 Å². The lowest BCUT2D eigenvalue weighted by Crippen LogP contribution is -2.49. The first-order valence-electron chi connectivity index (χ1n) is 13.6. The predicted octanol–water partition coefficient (Wildman–Crippen LogP) is 5.99. The van der Waals surface area contributed by atoms with Gasteiger partial charge in [-0.1, -0.05) is 65.7 Å². The van der Waals surface area contributed by atoms with Crippen molar-refractivity contribution >= 4 is 58.1 Å². The van der Waals surface area contributed by atoms with Crippen LogP contribution in [0.2, 0.25) is 5.02 Å². The highest BCUT2D eigenvalue weighted by atomic mass is 35.5. The van der Waals surface area contributed by atoms with Gasteiger partial charge in [0.15, 0.2) is 0 Å². The number of nitrogens with zero attached hydrogens (tertiary/aromatic N) is 2. The van der Waals surface area contributed by atoms with Crippen molar-refractivity contribution in [2.75, 3.05) is 25.1 Å². The number of imide groups is 1. The molecule has 0 saturated carbocycles. The van der Waals surface area contributed by atoms with Crippen LogP contribution in [-0.4, -0.2) is 48.1 Å². The number of halogens is 1. The molecule has 3 aromatic carbocycles. The number of hydrogen-bond donors (Lipinski definition) is 1. The van der Waals surface area contributed by atoms with Crippen molar-refractivity contribution in [3.05, 3.63) is 99.4 Å². The average Bonchev–Trinajstić information content (AvgIpc) is 3.26. The Hall–Kier alpha value is -4.08. The van der Waals surface area contributed by atoms with Gasteiger partial charge >= 0.3 is 0 Å². The summed E-state index contributed by atoms with van der Waals surface area (Å²) in [5.74, 6) is -0.790. The number of anilines is 1. The maximum absolute atomic E-state index is 13.7. The number of carbonyl (C=O) groups is 4. The van der Waals surface area contributed by atoms with Crippen LogP contribution in [0.5, 0.6) is 5.75 Å². The molecule has 10 heteroatoms. The lowest BCUT2D eigenvalue weighted by molar-refractivity contribution is -0.130. The minimum Gasteiger partial charge on any atom is -0.496 e. The van der Waals surface area contributed by atoms with Crippen LogP contribution in [0.4, 0.5) is 10.5 Å². The van der Waals surface area contributed by atoms with E-state index in [1.807, 2.05) is 55.5 Å². The second-order valence-electron chi connectivity index (χ2n) is 10.1. The third-order valence-electron chi connectivity index (χ3n) is 7.40. The van der Waals surface area contributed by atoms with Gasteiger partial charge < -0.3 is 15.0 Å². The molecule has 4 amide bonds. The summed E-state index contributed by atoms with van der Waals surface area (Å²) in [7, 11) is 1.56. The standard InChI is InChI=1S/C32H30ClN3O5S/c1-20-11-13-22(14-12-20)36-28(37)16-15-24(29(36)23-8-4-6-10-26(23)41-2)30(38)34-17-18-35-31(39)27(42-32(35)40)19-21-7-3-5-9-25(21)33/h3-14,19,24,29H,15-18H2,1-2H3,(H,34,38)/b27-19-. The molecule has 2 fully saturated rings. The van der Waals surface area contributed by atoms with Crippen LogP contribution in [0, 0.1) is 12.8 Å². The number of para-hydroxylation sites is 1. The number of carbonyl (C=O) groups excluding carboxylic acids is 4. The van der Waals surface area contributed by atoms with E-state index in [1.165, 1.54) is 0 Å². The Morgan fingerprint density at radius 3 is 2.50 bits per heavy atom. The molecular formula is C32H30ClN3O5S. The van der Waals surface area contributed by atoms with E-state index in [-0.39, 0.29) is 36.2 Å². The number of methoxy groups -OCH3 is 1. The summed E-state index contributed by atoms with van der Waals surface area (Å²) in [4.78, 5) is 55.7. The normalized spacial score (nSPS) is 19.9. The topological polar surface area (TPSA) is 96.0 Å². The second kappa shape index (κ2) is 12.8. The Morgan fingerprint density at radius 1 is 1.05 bits per heavy atom.